The van der Waals surface area contributed by atoms with Crippen LogP contribution in [0.15, 0.2) is 12.7 Å². The summed E-state index contributed by atoms with van der Waals surface area (Å²) in [5.41, 5.74) is 0. The molecule has 2 atom stereocenters. The summed E-state index contributed by atoms with van der Waals surface area (Å²) in [4.78, 5) is 11.0. The molecule has 1 heterocycles. The molecule has 0 aliphatic carbocycles. The Morgan fingerprint density at radius 1 is 1.59 bits per heavy atom. The maximum Gasteiger partial charge on any atom is 0.322 e. The van der Waals surface area contributed by atoms with Gasteiger partial charge in [0.2, 0.25) is 0 Å². The molecule has 1 rings (SSSR count). The van der Waals surface area contributed by atoms with Crippen molar-refractivity contribution in [3.63, 3.8) is 0 Å². The Bertz CT molecular complexity index is 393. The van der Waals surface area contributed by atoms with Crippen LogP contribution in [0.4, 0.5) is 0 Å². The lowest BCUT2D eigenvalue weighted by atomic mass is 10.1. The maximum atomic E-state index is 12.0. The monoisotopic (exact) mass is 262 g/mol. The SMILES string of the molecule is C=CC(C)NS(=O)(=O)N1CCCCC1C(=O)O. The third kappa shape index (κ3) is 3.52. The minimum absolute atomic E-state index is 0.246. The zero-order valence-electron chi connectivity index (χ0n) is 9.80. The zero-order chi connectivity index (χ0) is 13.1. The second kappa shape index (κ2) is 5.61. The third-order valence-corrected chi connectivity index (χ3v) is 4.46. The van der Waals surface area contributed by atoms with Gasteiger partial charge in [0.15, 0.2) is 0 Å². The molecule has 17 heavy (non-hydrogen) atoms. The Hall–Kier alpha value is -0.920. The lowest BCUT2D eigenvalue weighted by molar-refractivity contribution is -0.142. The molecule has 7 heteroatoms. The number of carbonyl (C=O) groups is 1. The van der Waals surface area contributed by atoms with Crippen LogP contribution in [0.3, 0.4) is 0 Å². The number of piperidine rings is 1. The molecule has 1 aliphatic rings. The van der Waals surface area contributed by atoms with Gasteiger partial charge in [-0.05, 0) is 26.2 Å². The number of hydrogen-bond acceptors (Lipinski definition) is 3. The lowest BCUT2D eigenvalue weighted by Gasteiger charge is -2.32. The van der Waals surface area contributed by atoms with Crippen molar-refractivity contribution in [1.82, 2.24) is 9.03 Å². The van der Waals surface area contributed by atoms with Gasteiger partial charge < -0.3 is 5.11 Å². The fourth-order valence-electron chi connectivity index (χ4n) is 1.79. The van der Waals surface area contributed by atoms with Crippen molar-refractivity contribution >= 4 is 16.2 Å². The summed E-state index contributed by atoms with van der Waals surface area (Å²) in [6.45, 7) is 5.37. The van der Waals surface area contributed by atoms with E-state index in [1.54, 1.807) is 6.92 Å². The van der Waals surface area contributed by atoms with Gasteiger partial charge in [0.25, 0.3) is 10.2 Å². The highest BCUT2D eigenvalue weighted by Crippen LogP contribution is 2.20. The van der Waals surface area contributed by atoms with Crippen molar-refractivity contribution in [3.05, 3.63) is 12.7 Å². The zero-order valence-corrected chi connectivity index (χ0v) is 10.6. The quantitative estimate of drug-likeness (QED) is 0.699. The largest absolute Gasteiger partial charge is 0.480 e. The molecule has 0 aromatic rings. The molecule has 0 bridgehead atoms. The predicted octanol–water partition coefficient (Wildman–Crippen LogP) is 0.334. The summed E-state index contributed by atoms with van der Waals surface area (Å²) in [6.07, 6.45) is 3.24. The summed E-state index contributed by atoms with van der Waals surface area (Å²) < 4.78 is 27.4. The van der Waals surface area contributed by atoms with Gasteiger partial charge in [-0.2, -0.15) is 17.4 Å². The number of carboxylic acids is 1. The van der Waals surface area contributed by atoms with Crippen molar-refractivity contribution in [2.75, 3.05) is 6.54 Å². The normalized spacial score (nSPS) is 24.2. The Kier molecular flexibility index (Phi) is 4.67. The van der Waals surface area contributed by atoms with Crippen LogP contribution in [0.5, 0.6) is 0 Å². The van der Waals surface area contributed by atoms with E-state index in [1.165, 1.54) is 6.08 Å². The van der Waals surface area contributed by atoms with E-state index in [0.29, 0.717) is 12.8 Å². The molecule has 1 aliphatic heterocycles. The van der Waals surface area contributed by atoms with Crippen LogP contribution in [0, 0.1) is 0 Å². The van der Waals surface area contributed by atoms with Crippen molar-refractivity contribution in [1.29, 1.82) is 0 Å². The average Bonchev–Trinajstić information content (AvgIpc) is 2.28. The fraction of sp³-hybridized carbons (Fsp3) is 0.700. The number of aliphatic carboxylic acids is 1. The van der Waals surface area contributed by atoms with Gasteiger partial charge in [-0.25, -0.2) is 0 Å². The first-order chi connectivity index (χ1) is 7.88. The minimum Gasteiger partial charge on any atom is -0.480 e. The number of nitrogens with one attached hydrogen (secondary N) is 1. The molecule has 2 N–H and O–H groups in total. The van der Waals surface area contributed by atoms with E-state index >= 15 is 0 Å². The molecular weight excluding hydrogens is 244 g/mol. The van der Waals surface area contributed by atoms with Gasteiger partial charge in [0.1, 0.15) is 6.04 Å². The molecule has 0 radical (unpaired) electrons. The Morgan fingerprint density at radius 2 is 2.24 bits per heavy atom. The van der Waals surface area contributed by atoms with Gasteiger partial charge >= 0.3 is 5.97 Å². The first-order valence-electron chi connectivity index (χ1n) is 5.53. The maximum absolute atomic E-state index is 12.0. The fourth-order valence-corrected chi connectivity index (χ4v) is 3.39. The summed E-state index contributed by atoms with van der Waals surface area (Å²) >= 11 is 0. The highest BCUT2D eigenvalue weighted by molar-refractivity contribution is 7.87. The van der Waals surface area contributed by atoms with E-state index in [-0.39, 0.29) is 6.54 Å². The molecule has 6 nitrogen and oxygen atoms in total. The standard InChI is InChI=1S/C10H18N2O4S/c1-3-8(2)11-17(15,16)12-7-5-4-6-9(12)10(13)14/h3,8-9,11H,1,4-7H2,2H3,(H,13,14). The van der Waals surface area contributed by atoms with Crippen LogP contribution >= 0.6 is 0 Å². The van der Waals surface area contributed by atoms with E-state index in [1.807, 2.05) is 0 Å². The van der Waals surface area contributed by atoms with Crippen LogP contribution in [0.25, 0.3) is 0 Å². The van der Waals surface area contributed by atoms with E-state index in [9.17, 15) is 13.2 Å². The highest BCUT2D eigenvalue weighted by Gasteiger charge is 2.36. The first-order valence-corrected chi connectivity index (χ1v) is 6.97. The van der Waals surface area contributed by atoms with Crippen LogP contribution in [0.1, 0.15) is 26.2 Å². The van der Waals surface area contributed by atoms with Crippen molar-refractivity contribution in [2.24, 2.45) is 0 Å². The summed E-state index contributed by atoms with van der Waals surface area (Å²) in [6, 6.07) is -1.38. The Labute approximate surface area is 101 Å². The number of carboxylic acid groups (broad SMARTS) is 1. The van der Waals surface area contributed by atoms with E-state index < -0.39 is 28.3 Å². The van der Waals surface area contributed by atoms with Gasteiger partial charge in [0.05, 0.1) is 0 Å². The molecule has 0 saturated carbocycles. The molecule has 0 amide bonds. The third-order valence-electron chi connectivity index (χ3n) is 2.74. The second-order valence-electron chi connectivity index (χ2n) is 4.11. The number of rotatable bonds is 5. The van der Waals surface area contributed by atoms with Crippen LogP contribution in [0.2, 0.25) is 0 Å². The smallest absolute Gasteiger partial charge is 0.322 e. The second-order valence-corrected chi connectivity index (χ2v) is 5.76. The van der Waals surface area contributed by atoms with Crippen molar-refractivity contribution in [2.45, 2.75) is 38.3 Å². The lowest BCUT2D eigenvalue weighted by Crippen LogP contribution is -2.53. The number of hydrogen-bond donors (Lipinski definition) is 2. The molecule has 0 aromatic carbocycles. The van der Waals surface area contributed by atoms with Crippen LogP contribution < -0.4 is 4.72 Å². The molecule has 98 valence electrons. The molecule has 0 aromatic heterocycles. The Balaban J connectivity index is 2.87. The summed E-state index contributed by atoms with van der Waals surface area (Å²) in [5.74, 6) is -1.10. The predicted molar refractivity (Wildman–Crippen MR) is 63.7 cm³/mol. The van der Waals surface area contributed by atoms with E-state index in [2.05, 4.69) is 11.3 Å². The van der Waals surface area contributed by atoms with Crippen LogP contribution in [-0.4, -0.2) is 42.4 Å². The van der Waals surface area contributed by atoms with Gasteiger partial charge in [0, 0.05) is 12.6 Å². The first kappa shape index (κ1) is 14.1. The Morgan fingerprint density at radius 3 is 2.76 bits per heavy atom. The highest BCUT2D eigenvalue weighted by atomic mass is 32.2. The minimum atomic E-state index is -3.76. The van der Waals surface area contributed by atoms with Crippen LogP contribution in [-0.2, 0) is 15.0 Å². The topological polar surface area (TPSA) is 86.7 Å². The van der Waals surface area contributed by atoms with Crippen molar-refractivity contribution < 1.29 is 18.3 Å². The number of nitrogens with zero attached hydrogens (tertiary/aromatic N) is 1. The van der Waals surface area contributed by atoms with Gasteiger partial charge in [-0.1, -0.05) is 6.08 Å². The molecule has 0 spiro atoms. The average molecular weight is 262 g/mol. The summed E-state index contributed by atoms with van der Waals surface area (Å²) in [5, 5.41) is 9.01. The molecule has 2 unspecified atom stereocenters. The molecular formula is C10H18N2O4S. The molecule has 1 saturated heterocycles. The van der Waals surface area contributed by atoms with Crippen molar-refractivity contribution in [3.8, 4) is 0 Å². The molecule has 1 fully saturated rings. The van der Waals surface area contributed by atoms with E-state index in [0.717, 1.165) is 10.7 Å². The van der Waals surface area contributed by atoms with Gasteiger partial charge in [-0.3, -0.25) is 4.79 Å². The summed E-state index contributed by atoms with van der Waals surface area (Å²) in [7, 11) is -3.76. The van der Waals surface area contributed by atoms with Gasteiger partial charge in [-0.15, -0.1) is 6.58 Å². The van der Waals surface area contributed by atoms with E-state index in [4.69, 9.17) is 5.11 Å².